The van der Waals surface area contributed by atoms with Crippen LogP contribution in [-0.2, 0) is 9.53 Å². The quantitative estimate of drug-likeness (QED) is 0.338. The molecule has 0 saturated carbocycles. The number of methoxy groups -OCH3 is 1. The summed E-state index contributed by atoms with van der Waals surface area (Å²) in [4.78, 5) is 10.9. The molecule has 4 heteroatoms. The molecule has 0 atom stereocenters. The average molecular weight is 151 g/mol. The number of amides is 1. The molecule has 1 amide bonds. The lowest BCUT2D eigenvalue weighted by atomic mass is 11.0. The van der Waals surface area contributed by atoms with Crippen LogP contribution in [0.5, 0.6) is 0 Å². The zero-order valence-electron chi connectivity index (χ0n) is 5.84. The highest BCUT2D eigenvalue weighted by Crippen LogP contribution is 1.52. The molecule has 9 heavy (non-hydrogen) atoms. The van der Waals surface area contributed by atoms with Crippen LogP contribution in [0.2, 0.25) is 0 Å². The molecule has 0 unspecified atom stereocenters. The van der Waals surface area contributed by atoms with Gasteiger partial charge in [-0.2, -0.15) is 0 Å². The molecule has 3 nitrogen and oxygen atoms in total. The van der Waals surface area contributed by atoms with Gasteiger partial charge in [-0.05, 0) is 11.0 Å². The lowest BCUT2D eigenvalue weighted by Gasteiger charge is -1.93. The minimum absolute atomic E-state index is 0. The number of carbonyl (C=O) groups excluding carboxylic acids is 1. The third-order valence-electron chi connectivity index (χ3n) is 0.211. The molecule has 0 aromatic carbocycles. The Bertz CT molecular complexity index is 50.2. The van der Waals surface area contributed by atoms with Crippen molar-refractivity contribution in [2.75, 3.05) is 28.3 Å². The van der Waals surface area contributed by atoms with Crippen molar-refractivity contribution < 1.29 is 9.53 Å². The Balaban J connectivity index is -0.0000000800. The van der Waals surface area contributed by atoms with Gasteiger partial charge in [0.25, 0.3) is 0 Å². The first kappa shape index (κ1) is 15.9. The molecular weight excluding hydrogens is 134 g/mol. The van der Waals surface area contributed by atoms with Crippen LogP contribution in [-0.4, -0.2) is 50.6 Å². The first-order valence-electron chi connectivity index (χ1n) is 2.20. The second kappa shape index (κ2) is 15.6. The van der Waals surface area contributed by atoms with E-state index in [4.69, 9.17) is 0 Å². The normalized spacial score (nSPS) is 5.78. The van der Waals surface area contributed by atoms with Crippen molar-refractivity contribution in [3.05, 3.63) is 0 Å². The molecule has 0 rings (SSSR count). The fraction of sp³-hybridized carbons (Fsp3) is 0.800. The van der Waals surface area contributed by atoms with Gasteiger partial charge in [-0.15, -0.1) is 0 Å². The summed E-state index contributed by atoms with van der Waals surface area (Å²) in [5.41, 5.74) is 0. The lowest BCUT2D eigenvalue weighted by molar-refractivity contribution is -0.115. The molecule has 0 aliphatic heterocycles. The van der Waals surface area contributed by atoms with Gasteiger partial charge in [-0.1, -0.05) is 0 Å². The summed E-state index contributed by atoms with van der Waals surface area (Å²) >= 11 is 0. The van der Waals surface area contributed by atoms with Gasteiger partial charge in [-0.3, -0.25) is 4.79 Å². The molecule has 0 bridgehead atoms. The van der Waals surface area contributed by atoms with Crippen LogP contribution in [0.15, 0.2) is 0 Å². The Labute approximate surface area is 61.0 Å². The van der Waals surface area contributed by atoms with E-state index >= 15 is 0 Å². The minimum Gasteiger partial charge on any atom is -0.388 e. The standard InChI is InChI=1S/C3H7NO.C2H6O.H4Si/c1-4(2)3-5;1-3-2;/h3H,1-2H3;1-2H3;1H4. The third kappa shape index (κ3) is 89.9. The summed E-state index contributed by atoms with van der Waals surface area (Å²) in [5, 5.41) is 0. The number of ether oxygens (including phenoxy) is 1. The molecular formula is C5H17NO2Si. The number of nitrogens with zero attached hydrogens (tertiary/aromatic N) is 1. The molecule has 0 aromatic heterocycles. The molecule has 0 spiro atoms. The van der Waals surface area contributed by atoms with E-state index in [1.807, 2.05) is 0 Å². The fourth-order valence-electron chi connectivity index (χ4n) is 0. The van der Waals surface area contributed by atoms with Gasteiger partial charge in [0.05, 0.1) is 0 Å². The Morgan fingerprint density at radius 1 is 1.33 bits per heavy atom. The molecule has 0 fully saturated rings. The Kier molecular flexibility index (Phi) is 27.6. The summed E-state index contributed by atoms with van der Waals surface area (Å²) in [6.45, 7) is 0. The van der Waals surface area contributed by atoms with Gasteiger partial charge in [0, 0.05) is 28.3 Å². The molecule has 0 N–H and O–H groups in total. The number of hydrogen-bond acceptors (Lipinski definition) is 2. The van der Waals surface area contributed by atoms with E-state index in [-0.39, 0.29) is 11.0 Å². The maximum Gasteiger partial charge on any atom is 0.209 e. The highest BCUT2D eigenvalue weighted by molar-refractivity contribution is 5.75. The molecule has 0 heterocycles. The first-order chi connectivity index (χ1) is 3.68. The van der Waals surface area contributed by atoms with Crippen LogP contribution in [0.25, 0.3) is 0 Å². The topological polar surface area (TPSA) is 29.5 Å². The molecule has 0 saturated heterocycles. The van der Waals surface area contributed by atoms with Gasteiger partial charge in [0.15, 0.2) is 0 Å². The number of hydrogen-bond donors (Lipinski definition) is 0. The summed E-state index contributed by atoms with van der Waals surface area (Å²) in [6.07, 6.45) is 0.750. The molecule has 0 aromatic rings. The number of rotatable bonds is 1. The smallest absolute Gasteiger partial charge is 0.209 e. The van der Waals surface area contributed by atoms with Crippen LogP contribution in [0.4, 0.5) is 0 Å². The van der Waals surface area contributed by atoms with Crippen molar-refractivity contribution in [3.8, 4) is 0 Å². The Morgan fingerprint density at radius 3 is 1.44 bits per heavy atom. The van der Waals surface area contributed by atoms with Crippen molar-refractivity contribution in [3.63, 3.8) is 0 Å². The summed E-state index contributed by atoms with van der Waals surface area (Å²) in [7, 11) is 6.62. The predicted octanol–water partition coefficient (Wildman–Crippen LogP) is -1.48. The summed E-state index contributed by atoms with van der Waals surface area (Å²) in [5.74, 6) is 0. The van der Waals surface area contributed by atoms with Gasteiger partial charge in [0.1, 0.15) is 0 Å². The third-order valence-corrected chi connectivity index (χ3v) is 0.211. The van der Waals surface area contributed by atoms with Crippen LogP contribution in [0.3, 0.4) is 0 Å². The second-order valence-electron chi connectivity index (χ2n) is 1.48. The average Bonchev–Trinajstić information content (AvgIpc) is 1.69. The van der Waals surface area contributed by atoms with Crippen LogP contribution in [0.1, 0.15) is 0 Å². The highest BCUT2D eigenvalue weighted by Gasteiger charge is 1.68. The number of carbonyl (C=O) groups is 1. The maximum atomic E-state index is 9.43. The summed E-state index contributed by atoms with van der Waals surface area (Å²) < 4.78 is 4.25. The van der Waals surface area contributed by atoms with Gasteiger partial charge < -0.3 is 9.64 Å². The van der Waals surface area contributed by atoms with E-state index in [0.29, 0.717) is 0 Å². The van der Waals surface area contributed by atoms with Crippen molar-refractivity contribution >= 4 is 17.4 Å². The van der Waals surface area contributed by atoms with E-state index in [2.05, 4.69) is 4.74 Å². The van der Waals surface area contributed by atoms with E-state index in [1.165, 1.54) is 4.90 Å². The lowest BCUT2D eigenvalue weighted by Crippen LogP contribution is -2.06. The van der Waals surface area contributed by atoms with Crippen molar-refractivity contribution in [2.45, 2.75) is 0 Å². The predicted molar refractivity (Wildman–Crippen MR) is 44.0 cm³/mol. The fourth-order valence-corrected chi connectivity index (χ4v) is 0. The second-order valence-corrected chi connectivity index (χ2v) is 1.48. The SMILES string of the molecule is CN(C)C=O.COC.[SiH4]. The minimum atomic E-state index is 0. The van der Waals surface area contributed by atoms with Crippen molar-refractivity contribution in [1.82, 2.24) is 4.90 Å². The van der Waals surface area contributed by atoms with Crippen LogP contribution < -0.4 is 0 Å². The first-order valence-corrected chi connectivity index (χ1v) is 2.20. The zero-order valence-corrected chi connectivity index (χ0v) is 5.84. The van der Waals surface area contributed by atoms with Crippen LogP contribution >= 0.6 is 0 Å². The van der Waals surface area contributed by atoms with E-state index in [9.17, 15) is 4.79 Å². The molecule has 58 valence electrons. The monoisotopic (exact) mass is 151 g/mol. The van der Waals surface area contributed by atoms with Gasteiger partial charge in [-0.25, -0.2) is 0 Å². The van der Waals surface area contributed by atoms with Crippen LogP contribution in [0, 0.1) is 0 Å². The Morgan fingerprint density at radius 2 is 1.44 bits per heavy atom. The van der Waals surface area contributed by atoms with Crippen molar-refractivity contribution in [1.29, 1.82) is 0 Å². The van der Waals surface area contributed by atoms with E-state index < -0.39 is 0 Å². The van der Waals surface area contributed by atoms with Gasteiger partial charge >= 0.3 is 0 Å². The van der Waals surface area contributed by atoms with E-state index in [0.717, 1.165) is 6.41 Å². The highest BCUT2D eigenvalue weighted by atomic mass is 28.1. The van der Waals surface area contributed by atoms with E-state index in [1.54, 1.807) is 28.3 Å². The maximum absolute atomic E-state index is 9.43. The molecule has 0 radical (unpaired) electrons. The zero-order chi connectivity index (χ0) is 6.99. The Hall–Kier alpha value is -0.353. The molecule has 0 aliphatic rings. The summed E-state index contributed by atoms with van der Waals surface area (Å²) in [6, 6.07) is 0. The van der Waals surface area contributed by atoms with Crippen molar-refractivity contribution in [2.24, 2.45) is 0 Å². The van der Waals surface area contributed by atoms with Gasteiger partial charge in [0.2, 0.25) is 6.41 Å². The molecule has 0 aliphatic carbocycles. The largest absolute Gasteiger partial charge is 0.388 e.